The second-order valence-electron chi connectivity index (χ2n) is 7.02. The number of halogens is 1. The fraction of sp³-hybridized carbons (Fsp3) is 1.00. The summed E-state index contributed by atoms with van der Waals surface area (Å²) < 4.78 is 0. The maximum atomic E-state index is 3.19. The topological polar surface area (TPSA) is 0 Å². The minimum absolute atomic E-state index is 0. The normalized spacial score (nSPS) is 13.0. The zero-order valence-corrected chi connectivity index (χ0v) is 18.8. The molecule has 0 radical (unpaired) electrons. The smallest absolute Gasteiger partial charge is 0.0127 e. The molecule has 0 aromatic rings. The third-order valence-electron chi connectivity index (χ3n) is 5.53. The Bertz CT molecular complexity index is 214. The van der Waals surface area contributed by atoms with Crippen LogP contribution in [0.4, 0.5) is 0 Å². The van der Waals surface area contributed by atoms with E-state index in [1.165, 1.54) is 89.9 Å². The summed E-state index contributed by atoms with van der Waals surface area (Å²) in [5.74, 6) is 0.909. The monoisotopic (exact) mass is 394 g/mol. The van der Waals surface area contributed by atoms with Gasteiger partial charge in [-0.1, -0.05) is 98.3 Å². The summed E-state index contributed by atoms with van der Waals surface area (Å²) in [6.07, 6.45) is 19.9. The van der Waals surface area contributed by atoms with E-state index in [-0.39, 0.29) is 17.0 Å². The minimum atomic E-state index is 0. The predicted octanol–water partition coefficient (Wildman–Crippen LogP) is 8.34. The van der Waals surface area contributed by atoms with Gasteiger partial charge in [0.1, 0.15) is 0 Å². The first-order valence-corrected chi connectivity index (χ1v) is 10.5. The molecule has 2 heteroatoms. The van der Waals surface area contributed by atoms with Crippen LogP contribution in [0.15, 0.2) is 0 Å². The number of hydrogen-bond donors (Lipinski definition) is 0. The Morgan fingerprint density at radius 2 is 1.09 bits per heavy atom. The molecule has 0 saturated carbocycles. The molecule has 2 unspecified atom stereocenters. The lowest BCUT2D eigenvalue weighted by Crippen LogP contribution is -2.29. The van der Waals surface area contributed by atoms with Crippen LogP contribution >= 0.6 is 26.2 Å². The van der Waals surface area contributed by atoms with Gasteiger partial charge in [0.2, 0.25) is 0 Å². The second kappa shape index (κ2) is 16.8. The summed E-state index contributed by atoms with van der Waals surface area (Å²) in [5, 5.41) is 0.508. The molecule has 0 bridgehead atoms. The first kappa shape index (κ1) is 25.2. The molecule has 136 valence electrons. The molecular formula is C20H44BrP. The first-order chi connectivity index (χ1) is 10.1. The molecule has 0 aliphatic carbocycles. The summed E-state index contributed by atoms with van der Waals surface area (Å²) in [5.41, 5.74) is 0. The minimum Gasteiger partial charge on any atom is -0.131 e. The molecule has 0 saturated heterocycles. The average Bonchev–Trinajstić information content (AvgIpc) is 2.52. The van der Waals surface area contributed by atoms with E-state index >= 15 is 0 Å². The van der Waals surface area contributed by atoms with Crippen LogP contribution in [0.1, 0.15) is 118 Å². The molecular weight excluding hydrogens is 351 g/mol. The third-order valence-corrected chi connectivity index (χ3v) is 6.82. The fourth-order valence-corrected chi connectivity index (χ4v) is 4.01. The summed E-state index contributed by atoms with van der Waals surface area (Å²) in [6, 6.07) is 0. The average molecular weight is 395 g/mol. The van der Waals surface area contributed by atoms with Crippen LogP contribution in [0.3, 0.4) is 0 Å². The molecule has 0 aliphatic heterocycles. The second-order valence-corrected chi connectivity index (χ2v) is 8.17. The van der Waals surface area contributed by atoms with Gasteiger partial charge >= 0.3 is 0 Å². The lowest BCUT2D eigenvalue weighted by Gasteiger charge is -2.36. The zero-order valence-electron chi connectivity index (χ0n) is 16.0. The van der Waals surface area contributed by atoms with Crippen LogP contribution in [0.25, 0.3) is 0 Å². The summed E-state index contributed by atoms with van der Waals surface area (Å²) in [7, 11) is 3.19. The van der Waals surface area contributed by atoms with Crippen molar-refractivity contribution in [2.24, 2.45) is 5.92 Å². The summed E-state index contributed by atoms with van der Waals surface area (Å²) in [6.45, 7) is 9.39. The molecule has 0 nitrogen and oxygen atoms in total. The van der Waals surface area contributed by atoms with E-state index in [9.17, 15) is 0 Å². The standard InChI is InChI=1S/C20H43P.BrH/c1-5-9-10-11-12-13-14-15-16-17-18-19(6-2)20(21,7-3)8-4;/h19H,5-18,21H2,1-4H3;1H. The van der Waals surface area contributed by atoms with Gasteiger partial charge < -0.3 is 0 Å². The Balaban J connectivity index is 0. The Labute approximate surface area is 155 Å². The van der Waals surface area contributed by atoms with Crippen LogP contribution in [0.5, 0.6) is 0 Å². The first-order valence-electron chi connectivity index (χ1n) is 9.93. The van der Waals surface area contributed by atoms with Crippen LogP contribution in [-0.2, 0) is 0 Å². The van der Waals surface area contributed by atoms with Gasteiger partial charge in [-0.05, 0) is 30.3 Å². The molecule has 0 aliphatic rings. The van der Waals surface area contributed by atoms with Crippen molar-refractivity contribution in [3.8, 4) is 0 Å². The van der Waals surface area contributed by atoms with Crippen molar-refractivity contribution in [3.05, 3.63) is 0 Å². The van der Waals surface area contributed by atoms with E-state index in [1.54, 1.807) is 0 Å². The Morgan fingerprint density at radius 3 is 1.45 bits per heavy atom. The lowest BCUT2D eigenvalue weighted by molar-refractivity contribution is 0.313. The van der Waals surface area contributed by atoms with Gasteiger partial charge in [-0.25, -0.2) is 0 Å². The predicted molar refractivity (Wildman–Crippen MR) is 114 cm³/mol. The molecule has 0 aromatic carbocycles. The molecule has 22 heavy (non-hydrogen) atoms. The quantitative estimate of drug-likeness (QED) is 0.193. The van der Waals surface area contributed by atoms with Crippen molar-refractivity contribution in [2.45, 2.75) is 123 Å². The third kappa shape index (κ3) is 11.4. The maximum absolute atomic E-state index is 3.19. The van der Waals surface area contributed by atoms with E-state index in [4.69, 9.17) is 0 Å². The Morgan fingerprint density at radius 1 is 0.682 bits per heavy atom. The van der Waals surface area contributed by atoms with Crippen LogP contribution in [0.2, 0.25) is 0 Å². The van der Waals surface area contributed by atoms with E-state index in [1.807, 2.05) is 0 Å². The maximum Gasteiger partial charge on any atom is -0.0127 e. The fourth-order valence-electron chi connectivity index (χ4n) is 3.60. The van der Waals surface area contributed by atoms with Gasteiger partial charge in [-0.3, -0.25) is 0 Å². The van der Waals surface area contributed by atoms with Crippen molar-refractivity contribution in [2.75, 3.05) is 0 Å². The molecule has 0 heterocycles. The van der Waals surface area contributed by atoms with E-state index < -0.39 is 0 Å². The van der Waals surface area contributed by atoms with Crippen LogP contribution < -0.4 is 0 Å². The molecule has 0 rings (SSSR count). The van der Waals surface area contributed by atoms with Crippen LogP contribution in [0, 0.1) is 5.92 Å². The molecule has 0 N–H and O–H groups in total. The summed E-state index contributed by atoms with van der Waals surface area (Å²) in [4.78, 5) is 0. The van der Waals surface area contributed by atoms with E-state index in [0.29, 0.717) is 5.16 Å². The molecule has 0 fully saturated rings. The highest BCUT2D eigenvalue weighted by atomic mass is 79.9. The van der Waals surface area contributed by atoms with Gasteiger partial charge in [-0.15, -0.1) is 26.2 Å². The number of unbranched alkanes of at least 4 members (excludes halogenated alkanes) is 9. The number of hydrogen-bond acceptors (Lipinski definition) is 0. The molecule has 0 spiro atoms. The van der Waals surface area contributed by atoms with E-state index in [0.717, 1.165) is 5.92 Å². The SMILES string of the molecule is Br.CCCCCCCCCCCCC(CC)C(P)(CC)CC. The Hall–Kier alpha value is 0.910. The van der Waals surface area contributed by atoms with Gasteiger partial charge in [0.25, 0.3) is 0 Å². The Kier molecular flexibility index (Phi) is 19.2. The van der Waals surface area contributed by atoms with Crippen molar-refractivity contribution in [1.29, 1.82) is 0 Å². The van der Waals surface area contributed by atoms with Crippen molar-refractivity contribution < 1.29 is 0 Å². The zero-order chi connectivity index (χ0) is 16.0. The molecule has 0 amide bonds. The van der Waals surface area contributed by atoms with Gasteiger partial charge in [-0.2, -0.15) is 0 Å². The highest BCUT2D eigenvalue weighted by Gasteiger charge is 2.28. The highest BCUT2D eigenvalue weighted by molar-refractivity contribution is 8.93. The van der Waals surface area contributed by atoms with E-state index in [2.05, 4.69) is 36.9 Å². The number of rotatable bonds is 15. The summed E-state index contributed by atoms with van der Waals surface area (Å²) >= 11 is 0. The largest absolute Gasteiger partial charge is 0.131 e. The molecule has 2 atom stereocenters. The van der Waals surface area contributed by atoms with Crippen molar-refractivity contribution in [1.82, 2.24) is 0 Å². The van der Waals surface area contributed by atoms with Crippen LogP contribution in [-0.4, -0.2) is 5.16 Å². The van der Waals surface area contributed by atoms with Crippen molar-refractivity contribution >= 4 is 26.2 Å². The lowest BCUT2D eigenvalue weighted by atomic mass is 9.81. The highest BCUT2D eigenvalue weighted by Crippen LogP contribution is 2.39. The van der Waals surface area contributed by atoms with Gasteiger partial charge in [0.15, 0.2) is 0 Å². The molecule has 0 aromatic heterocycles. The van der Waals surface area contributed by atoms with Gasteiger partial charge in [0.05, 0.1) is 0 Å². The van der Waals surface area contributed by atoms with Gasteiger partial charge in [0, 0.05) is 0 Å². The van der Waals surface area contributed by atoms with Crippen molar-refractivity contribution in [3.63, 3.8) is 0 Å².